The van der Waals surface area contributed by atoms with Gasteiger partial charge in [0, 0.05) is 42.8 Å². The average molecular weight is 429 g/mol. The van der Waals surface area contributed by atoms with E-state index in [2.05, 4.69) is 5.32 Å². The number of amides is 1. The molecule has 0 saturated carbocycles. The number of carbonyl (C=O) groups excluding carboxylic acids is 1. The lowest BCUT2D eigenvalue weighted by Gasteiger charge is -2.27. The fourth-order valence-corrected chi connectivity index (χ4v) is 4.18. The van der Waals surface area contributed by atoms with Crippen LogP contribution in [0.3, 0.4) is 0 Å². The number of nitrogens with one attached hydrogen (secondary N) is 1. The minimum Gasteiger partial charge on any atom is -0.439 e. The van der Waals surface area contributed by atoms with E-state index < -0.39 is 0 Å². The topological polar surface area (TPSA) is 46.5 Å². The van der Waals surface area contributed by atoms with Gasteiger partial charge >= 0.3 is 0 Å². The van der Waals surface area contributed by atoms with Gasteiger partial charge in [0.15, 0.2) is 0 Å². The van der Waals surface area contributed by atoms with Crippen LogP contribution in [0.25, 0.3) is 16.6 Å². The Bertz CT molecular complexity index is 1280. The first-order chi connectivity index (χ1) is 15.6. The van der Waals surface area contributed by atoms with E-state index in [9.17, 15) is 9.18 Å². The maximum atomic E-state index is 14.3. The number of aromatic nitrogens is 1. The van der Waals surface area contributed by atoms with Crippen LogP contribution < -0.4 is 10.1 Å². The number of halogens is 1. The van der Waals surface area contributed by atoms with E-state index >= 15 is 0 Å². The largest absolute Gasteiger partial charge is 0.439 e. The van der Waals surface area contributed by atoms with Crippen LogP contribution in [0, 0.1) is 12.7 Å². The van der Waals surface area contributed by atoms with Gasteiger partial charge in [0.1, 0.15) is 17.1 Å². The number of carbonyl (C=O) groups is 1. The molecular formula is C26H24FN3O2. The van der Waals surface area contributed by atoms with Crippen molar-refractivity contribution < 1.29 is 13.9 Å². The van der Waals surface area contributed by atoms with Crippen molar-refractivity contribution in [1.82, 2.24) is 14.8 Å². The van der Waals surface area contributed by atoms with Crippen molar-refractivity contribution in [2.24, 2.45) is 0 Å². The molecule has 1 saturated heterocycles. The molecule has 0 aliphatic carbocycles. The number of piperazine rings is 1. The summed E-state index contributed by atoms with van der Waals surface area (Å²) in [5, 5.41) is 4.09. The SMILES string of the molecule is Cc1c(F)cccc1Oc1c(C(=O)N2CCNCC2)c2ccccc2n1-c1ccccc1. The molecule has 1 aliphatic heterocycles. The molecule has 1 aromatic heterocycles. The standard InChI is InChI=1S/C26H24FN3O2/c1-18-21(27)11-7-13-23(18)32-26-24(25(31)29-16-14-28-15-17-29)20-10-5-6-12-22(20)30(26)19-8-3-2-4-9-19/h2-13,28H,14-17H2,1H3. The lowest BCUT2D eigenvalue weighted by Crippen LogP contribution is -2.46. The summed E-state index contributed by atoms with van der Waals surface area (Å²) < 4.78 is 22.6. The van der Waals surface area contributed by atoms with Crippen molar-refractivity contribution in [3.63, 3.8) is 0 Å². The number of ether oxygens (including phenoxy) is 1. The van der Waals surface area contributed by atoms with Gasteiger partial charge in [-0.3, -0.25) is 9.36 Å². The molecule has 0 spiro atoms. The highest BCUT2D eigenvalue weighted by Crippen LogP contribution is 2.39. The highest BCUT2D eigenvalue weighted by atomic mass is 19.1. The molecule has 5 rings (SSSR count). The number of hydrogen-bond donors (Lipinski definition) is 1. The first kappa shape index (κ1) is 20.3. The van der Waals surface area contributed by atoms with Crippen molar-refractivity contribution in [1.29, 1.82) is 0 Å². The van der Waals surface area contributed by atoms with E-state index in [1.54, 1.807) is 19.1 Å². The second kappa shape index (κ2) is 8.48. The van der Waals surface area contributed by atoms with Gasteiger partial charge < -0.3 is 15.0 Å². The molecule has 162 valence electrons. The third-order valence-electron chi connectivity index (χ3n) is 5.89. The summed E-state index contributed by atoms with van der Waals surface area (Å²) in [6.45, 7) is 4.44. The number of rotatable bonds is 4. The first-order valence-electron chi connectivity index (χ1n) is 10.8. The molecule has 0 atom stereocenters. The molecule has 0 unspecified atom stereocenters. The monoisotopic (exact) mass is 429 g/mol. The van der Waals surface area contributed by atoms with Crippen LogP contribution >= 0.6 is 0 Å². The van der Waals surface area contributed by atoms with Gasteiger partial charge in [-0.15, -0.1) is 0 Å². The molecule has 6 heteroatoms. The number of fused-ring (bicyclic) bond motifs is 1. The van der Waals surface area contributed by atoms with Crippen LogP contribution in [-0.4, -0.2) is 41.6 Å². The molecule has 3 aromatic carbocycles. The summed E-state index contributed by atoms with van der Waals surface area (Å²) in [7, 11) is 0. The molecule has 0 bridgehead atoms. The van der Waals surface area contributed by atoms with E-state index in [4.69, 9.17) is 4.74 Å². The van der Waals surface area contributed by atoms with E-state index in [-0.39, 0.29) is 11.7 Å². The van der Waals surface area contributed by atoms with E-state index in [1.165, 1.54) is 6.07 Å². The van der Waals surface area contributed by atoms with E-state index in [0.29, 0.717) is 35.8 Å². The summed E-state index contributed by atoms with van der Waals surface area (Å²) >= 11 is 0. The molecule has 0 radical (unpaired) electrons. The number of hydrogen-bond acceptors (Lipinski definition) is 3. The average Bonchev–Trinajstić information content (AvgIpc) is 3.16. The Morgan fingerprint density at radius 1 is 0.938 bits per heavy atom. The molecule has 4 aromatic rings. The first-order valence-corrected chi connectivity index (χ1v) is 10.8. The highest BCUT2D eigenvalue weighted by molar-refractivity contribution is 6.10. The molecule has 1 aliphatic rings. The lowest BCUT2D eigenvalue weighted by atomic mass is 10.1. The fraction of sp³-hybridized carbons (Fsp3) is 0.192. The third-order valence-corrected chi connectivity index (χ3v) is 5.89. The Morgan fingerprint density at radius 2 is 1.66 bits per heavy atom. The Balaban J connectivity index is 1.76. The molecule has 1 fully saturated rings. The number of para-hydroxylation sites is 2. The van der Waals surface area contributed by atoms with Gasteiger partial charge in [0.2, 0.25) is 5.88 Å². The van der Waals surface area contributed by atoms with Crippen LogP contribution in [0.4, 0.5) is 4.39 Å². The highest BCUT2D eigenvalue weighted by Gasteiger charge is 2.29. The summed E-state index contributed by atoms with van der Waals surface area (Å²) in [5.41, 5.74) is 2.63. The summed E-state index contributed by atoms with van der Waals surface area (Å²) in [5.74, 6) is 0.357. The Labute approximate surface area is 186 Å². The van der Waals surface area contributed by atoms with E-state index in [0.717, 1.165) is 29.7 Å². The van der Waals surface area contributed by atoms with E-state index in [1.807, 2.05) is 64.1 Å². The van der Waals surface area contributed by atoms with Gasteiger partial charge in [-0.1, -0.05) is 42.5 Å². The molecule has 2 heterocycles. The minimum atomic E-state index is -0.347. The molecule has 1 amide bonds. The zero-order chi connectivity index (χ0) is 22.1. The normalized spacial score (nSPS) is 14.0. The third kappa shape index (κ3) is 3.52. The van der Waals surface area contributed by atoms with Crippen molar-refractivity contribution in [3.05, 3.63) is 89.7 Å². The predicted molar refractivity (Wildman–Crippen MR) is 123 cm³/mol. The van der Waals surface area contributed by atoms with Gasteiger partial charge in [-0.05, 0) is 37.3 Å². The Hall–Kier alpha value is -3.64. The summed E-state index contributed by atoms with van der Waals surface area (Å²) in [6.07, 6.45) is 0. The lowest BCUT2D eigenvalue weighted by molar-refractivity contribution is 0.0735. The van der Waals surface area contributed by atoms with Crippen LogP contribution in [0.2, 0.25) is 0 Å². The van der Waals surface area contributed by atoms with Crippen LogP contribution in [-0.2, 0) is 0 Å². The number of nitrogens with zero attached hydrogens (tertiary/aromatic N) is 2. The summed E-state index contributed by atoms with van der Waals surface area (Å²) in [4.78, 5) is 15.6. The summed E-state index contributed by atoms with van der Waals surface area (Å²) in [6, 6.07) is 22.3. The second-order valence-electron chi connectivity index (χ2n) is 7.88. The maximum absolute atomic E-state index is 14.3. The van der Waals surface area contributed by atoms with Crippen molar-refractivity contribution >= 4 is 16.8 Å². The zero-order valence-corrected chi connectivity index (χ0v) is 17.8. The van der Waals surface area contributed by atoms with Gasteiger partial charge in [0.05, 0.1) is 5.52 Å². The number of benzene rings is 3. The van der Waals surface area contributed by atoms with Crippen LogP contribution in [0.1, 0.15) is 15.9 Å². The van der Waals surface area contributed by atoms with Crippen LogP contribution in [0.5, 0.6) is 11.6 Å². The molecular weight excluding hydrogens is 405 g/mol. The maximum Gasteiger partial charge on any atom is 0.260 e. The smallest absolute Gasteiger partial charge is 0.260 e. The quantitative estimate of drug-likeness (QED) is 0.501. The molecule has 5 nitrogen and oxygen atoms in total. The van der Waals surface area contributed by atoms with Crippen molar-refractivity contribution in [3.8, 4) is 17.3 Å². The van der Waals surface area contributed by atoms with Gasteiger partial charge in [-0.25, -0.2) is 4.39 Å². The van der Waals surface area contributed by atoms with Gasteiger partial charge in [-0.2, -0.15) is 0 Å². The van der Waals surface area contributed by atoms with Gasteiger partial charge in [0.25, 0.3) is 5.91 Å². The van der Waals surface area contributed by atoms with Crippen LogP contribution in [0.15, 0.2) is 72.8 Å². The van der Waals surface area contributed by atoms with Crippen molar-refractivity contribution in [2.75, 3.05) is 26.2 Å². The molecule has 32 heavy (non-hydrogen) atoms. The minimum absolute atomic E-state index is 0.0820. The van der Waals surface area contributed by atoms with Crippen molar-refractivity contribution in [2.45, 2.75) is 6.92 Å². The predicted octanol–water partition coefficient (Wildman–Crippen LogP) is 4.92. The second-order valence-corrected chi connectivity index (χ2v) is 7.88. The Kier molecular flexibility index (Phi) is 5.37. The zero-order valence-electron chi connectivity index (χ0n) is 17.8. The Morgan fingerprint density at radius 3 is 2.44 bits per heavy atom. The molecule has 1 N–H and O–H groups in total. The fourth-order valence-electron chi connectivity index (χ4n) is 4.18.